The molecule has 3 rings (SSSR count). The van der Waals surface area contributed by atoms with Crippen LogP contribution in [0.4, 0.5) is 0 Å². The number of ether oxygens (including phenoxy) is 1. The summed E-state index contributed by atoms with van der Waals surface area (Å²) in [5, 5.41) is 29.9. The van der Waals surface area contributed by atoms with Crippen molar-refractivity contribution in [2.45, 2.75) is 55.6 Å². The summed E-state index contributed by atoms with van der Waals surface area (Å²) >= 11 is 6.59. The maximum atomic E-state index is 11.5. The highest BCUT2D eigenvalue weighted by Crippen LogP contribution is 2.45. The molecule has 1 saturated carbocycles. The van der Waals surface area contributed by atoms with E-state index in [0.717, 1.165) is 29.5 Å². The highest BCUT2D eigenvalue weighted by atomic mass is 35.5. The molecule has 5 nitrogen and oxygen atoms in total. The first-order valence-electron chi connectivity index (χ1n) is 11.6. The molecule has 0 saturated heterocycles. The van der Waals surface area contributed by atoms with E-state index in [2.05, 4.69) is 6.08 Å². The predicted octanol–water partition coefficient (Wildman–Crippen LogP) is 4.49. The van der Waals surface area contributed by atoms with Crippen molar-refractivity contribution < 1.29 is 24.9 Å². The smallest absolute Gasteiger partial charge is 0.305 e. The van der Waals surface area contributed by atoms with E-state index in [0.29, 0.717) is 19.3 Å². The molecule has 0 aliphatic heterocycles. The summed E-state index contributed by atoms with van der Waals surface area (Å²) in [7, 11) is 0. The van der Waals surface area contributed by atoms with Crippen LogP contribution in [0.25, 0.3) is 0 Å². The molecule has 1 aliphatic rings. The number of alkyl halides is 1. The van der Waals surface area contributed by atoms with Gasteiger partial charge in [-0.1, -0.05) is 66.7 Å². The Balaban J connectivity index is 1.56. The van der Waals surface area contributed by atoms with E-state index in [9.17, 15) is 15.0 Å². The largest absolute Gasteiger partial charge is 0.463 e. The summed E-state index contributed by atoms with van der Waals surface area (Å²) < 4.78 is 4.84. The Hall–Kier alpha value is -2.18. The zero-order valence-corrected chi connectivity index (χ0v) is 19.5. The number of carbonyl (C=O) groups is 1. The fourth-order valence-corrected chi connectivity index (χ4v) is 4.96. The van der Waals surface area contributed by atoms with Gasteiger partial charge in [-0.15, -0.1) is 11.6 Å². The lowest BCUT2D eigenvalue weighted by atomic mass is 9.84. The van der Waals surface area contributed by atoms with Crippen molar-refractivity contribution in [3.05, 3.63) is 83.4 Å². The van der Waals surface area contributed by atoms with Crippen LogP contribution in [0.5, 0.6) is 0 Å². The first kappa shape index (κ1) is 25.4. The number of esters is 1. The Kier molecular flexibility index (Phi) is 9.95. The third-order valence-corrected chi connectivity index (χ3v) is 6.74. The number of halogens is 1. The average molecular weight is 473 g/mol. The molecule has 2 aromatic rings. The van der Waals surface area contributed by atoms with Crippen LogP contribution in [-0.2, 0) is 9.53 Å². The molecular formula is C27H33ClO5. The lowest BCUT2D eigenvalue weighted by Gasteiger charge is -2.23. The normalized spacial score (nSPS) is 23.6. The number of aliphatic hydroxyl groups excluding tert-OH is 3. The zero-order chi connectivity index (χ0) is 23.6. The van der Waals surface area contributed by atoms with Gasteiger partial charge in [0.1, 0.15) is 12.7 Å². The number of unbranched alkanes of at least 4 members (excludes halogenated alkanes) is 1. The van der Waals surface area contributed by atoms with Gasteiger partial charge in [-0.25, -0.2) is 0 Å². The van der Waals surface area contributed by atoms with Crippen molar-refractivity contribution in [2.75, 3.05) is 13.2 Å². The van der Waals surface area contributed by atoms with Crippen molar-refractivity contribution in [3.8, 4) is 0 Å². The van der Waals surface area contributed by atoms with E-state index < -0.39 is 12.2 Å². The van der Waals surface area contributed by atoms with Crippen LogP contribution < -0.4 is 0 Å². The standard InChI is InChI=1S/C27H33ClO5/c28-23-18-24(30)26(22(23)10-6-1-2-7-11-25(31)33-17-16-29)19-12-14-21(15-13-19)27(32)20-8-4-3-5-9-20/h1,3-6,8-9,12-15,22-24,26-27,29-30,32H,2,7,10-11,16-18H2/t22-,23+,24+,26+,27?/m0/s1. The van der Waals surface area contributed by atoms with Crippen LogP contribution >= 0.6 is 11.6 Å². The van der Waals surface area contributed by atoms with Gasteiger partial charge in [0.2, 0.25) is 0 Å². The summed E-state index contributed by atoms with van der Waals surface area (Å²) in [6, 6.07) is 17.3. The Morgan fingerprint density at radius 3 is 2.48 bits per heavy atom. The van der Waals surface area contributed by atoms with Crippen molar-refractivity contribution in [3.63, 3.8) is 0 Å². The van der Waals surface area contributed by atoms with Gasteiger partial charge >= 0.3 is 5.97 Å². The minimum Gasteiger partial charge on any atom is -0.463 e. The molecular weight excluding hydrogens is 440 g/mol. The number of benzene rings is 2. The van der Waals surface area contributed by atoms with Gasteiger partial charge in [0.15, 0.2) is 0 Å². The summed E-state index contributed by atoms with van der Waals surface area (Å²) in [4.78, 5) is 11.5. The van der Waals surface area contributed by atoms with Crippen LogP contribution in [0.2, 0.25) is 0 Å². The summed E-state index contributed by atoms with van der Waals surface area (Å²) in [6.45, 7) is -0.112. The second-order valence-corrected chi connectivity index (χ2v) is 9.09. The van der Waals surface area contributed by atoms with Crippen molar-refractivity contribution in [1.82, 2.24) is 0 Å². The lowest BCUT2D eigenvalue weighted by molar-refractivity contribution is -0.144. The maximum Gasteiger partial charge on any atom is 0.305 e. The minimum absolute atomic E-state index is 0.0450. The van der Waals surface area contributed by atoms with Gasteiger partial charge in [0, 0.05) is 17.7 Å². The lowest BCUT2D eigenvalue weighted by Crippen LogP contribution is -2.18. The Bertz CT molecular complexity index is 883. The van der Waals surface area contributed by atoms with Gasteiger partial charge in [-0.05, 0) is 48.3 Å². The molecule has 2 aromatic carbocycles. The van der Waals surface area contributed by atoms with E-state index in [1.807, 2.05) is 60.7 Å². The van der Waals surface area contributed by atoms with E-state index in [1.54, 1.807) is 0 Å². The highest BCUT2D eigenvalue weighted by molar-refractivity contribution is 6.21. The van der Waals surface area contributed by atoms with E-state index in [-0.39, 0.29) is 36.4 Å². The second-order valence-electron chi connectivity index (χ2n) is 8.53. The number of carbonyl (C=O) groups excluding carboxylic acids is 1. The van der Waals surface area contributed by atoms with E-state index in [4.69, 9.17) is 21.4 Å². The molecule has 0 radical (unpaired) electrons. The molecule has 0 amide bonds. The van der Waals surface area contributed by atoms with Gasteiger partial charge < -0.3 is 20.1 Å². The molecule has 5 atom stereocenters. The molecule has 33 heavy (non-hydrogen) atoms. The van der Waals surface area contributed by atoms with E-state index >= 15 is 0 Å². The predicted molar refractivity (Wildman–Crippen MR) is 129 cm³/mol. The average Bonchev–Trinajstić information content (AvgIpc) is 3.12. The Morgan fingerprint density at radius 1 is 1.09 bits per heavy atom. The molecule has 3 N–H and O–H groups in total. The second kappa shape index (κ2) is 12.9. The van der Waals surface area contributed by atoms with Crippen LogP contribution in [0, 0.1) is 5.92 Å². The third kappa shape index (κ3) is 7.15. The molecule has 0 spiro atoms. The summed E-state index contributed by atoms with van der Waals surface area (Å²) in [5.41, 5.74) is 2.69. The number of aliphatic hydroxyl groups is 3. The van der Waals surface area contributed by atoms with Crippen LogP contribution in [0.1, 0.15) is 60.8 Å². The quantitative estimate of drug-likeness (QED) is 0.194. The molecule has 0 aromatic heterocycles. The number of rotatable bonds is 11. The third-order valence-electron chi connectivity index (χ3n) is 6.24. The van der Waals surface area contributed by atoms with E-state index in [1.165, 1.54) is 0 Å². The Morgan fingerprint density at radius 2 is 1.79 bits per heavy atom. The molecule has 1 unspecified atom stereocenters. The number of allylic oxidation sites excluding steroid dienone is 2. The summed E-state index contributed by atoms with van der Waals surface area (Å²) in [5.74, 6) is -0.246. The fraction of sp³-hybridized carbons (Fsp3) is 0.444. The van der Waals surface area contributed by atoms with Gasteiger partial charge in [0.25, 0.3) is 0 Å². The van der Waals surface area contributed by atoms with Gasteiger partial charge in [-0.2, -0.15) is 0 Å². The number of hydrogen-bond donors (Lipinski definition) is 3. The first-order chi connectivity index (χ1) is 16.0. The van der Waals surface area contributed by atoms with Crippen molar-refractivity contribution >= 4 is 17.6 Å². The molecule has 1 aliphatic carbocycles. The van der Waals surface area contributed by atoms with Crippen LogP contribution in [0.3, 0.4) is 0 Å². The SMILES string of the molecule is O=C(CCCC=CC[C@@H]1[C@@H](c2ccc(C(O)c3ccccc3)cc2)[C@H](O)C[C@H]1Cl)OCCO. The van der Waals surface area contributed by atoms with Gasteiger partial charge in [0.05, 0.1) is 12.7 Å². The monoisotopic (exact) mass is 472 g/mol. The first-order valence-corrected chi connectivity index (χ1v) is 12.0. The topological polar surface area (TPSA) is 87.0 Å². The fourth-order valence-electron chi connectivity index (χ4n) is 4.52. The minimum atomic E-state index is -0.686. The Labute approximate surface area is 200 Å². The molecule has 6 heteroatoms. The number of hydrogen-bond acceptors (Lipinski definition) is 5. The summed E-state index contributed by atoms with van der Waals surface area (Å²) in [6.07, 6.45) is 6.01. The molecule has 0 heterocycles. The van der Waals surface area contributed by atoms with Crippen molar-refractivity contribution in [2.24, 2.45) is 5.92 Å². The highest BCUT2D eigenvalue weighted by Gasteiger charge is 2.41. The molecule has 1 fully saturated rings. The van der Waals surface area contributed by atoms with Crippen molar-refractivity contribution in [1.29, 1.82) is 0 Å². The molecule has 178 valence electrons. The molecule has 0 bridgehead atoms. The maximum absolute atomic E-state index is 11.5. The van der Waals surface area contributed by atoms with Gasteiger partial charge in [-0.3, -0.25) is 4.79 Å². The van der Waals surface area contributed by atoms with Crippen LogP contribution in [0.15, 0.2) is 66.7 Å². The zero-order valence-electron chi connectivity index (χ0n) is 18.7. The van der Waals surface area contributed by atoms with Crippen LogP contribution in [-0.4, -0.2) is 46.0 Å².